The molecule has 7 heteroatoms. The molecule has 0 saturated carbocycles. The Balaban J connectivity index is 1.80. The fraction of sp³-hybridized carbons (Fsp3) is 0.235. The minimum Gasteiger partial charge on any atom is -0.459 e. The zero-order valence-electron chi connectivity index (χ0n) is 13.2. The number of hydrogen-bond acceptors (Lipinski definition) is 5. The minimum absolute atomic E-state index is 0.0603. The van der Waals surface area contributed by atoms with Crippen LogP contribution in [-0.4, -0.2) is 15.5 Å². The molecule has 0 bridgehead atoms. The minimum atomic E-state index is -0.767. The Labute approximate surface area is 147 Å². The number of thiophene rings is 1. The van der Waals surface area contributed by atoms with E-state index in [0.29, 0.717) is 20.8 Å². The van der Waals surface area contributed by atoms with E-state index in [4.69, 9.17) is 16.3 Å². The van der Waals surface area contributed by atoms with Crippen molar-refractivity contribution < 1.29 is 9.53 Å². The second-order valence-corrected chi connectivity index (χ2v) is 7.05. The number of carbonyl (C=O) groups is 1. The summed E-state index contributed by atoms with van der Waals surface area (Å²) in [5, 5.41) is 1.05. The van der Waals surface area contributed by atoms with Crippen molar-refractivity contribution >= 4 is 39.1 Å². The van der Waals surface area contributed by atoms with E-state index in [2.05, 4.69) is 4.98 Å². The number of hydrogen-bond donors (Lipinski definition) is 0. The number of rotatable bonds is 4. The fourth-order valence-corrected chi connectivity index (χ4v) is 3.36. The van der Waals surface area contributed by atoms with Crippen LogP contribution in [0, 0.1) is 6.92 Å². The molecule has 0 amide bonds. The summed E-state index contributed by atoms with van der Waals surface area (Å²) in [6.07, 6.45) is 1.39. The smallest absolute Gasteiger partial charge is 0.329 e. The molecule has 1 unspecified atom stereocenters. The Morgan fingerprint density at radius 2 is 2.17 bits per heavy atom. The van der Waals surface area contributed by atoms with Crippen LogP contribution in [-0.2, 0) is 16.1 Å². The number of fused-ring (bicyclic) bond motifs is 1. The van der Waals surface area contributed by atoms with Crippen LogP contribution in [0.15, 0.2) is 41.5 Å². The Kier molecular flexibility index (Phi) is 4.69. The average Bonchev–Trinajstić information content (AvgIpc) is 2.95. The zero-order chi connectivity index (χ0) is 17.3. The third-order valence-electron chi connectivity index (χ3n) is 3.69. The topological polar surface area (TPSA) is 61.2 Å². The molecular weight excluding hydrogens is 348 g/mol. The number of aryl methyl sites for hydroxylation is 1. The van der Waals surface area contributed by atoms with Crippen LogP contribution in [0.4, 0.5) is 0 Å². The summed E-state index contributed by atoms with van der Waals surface area (Å²) in [4.78, 5) is 30.7. The van der Waals surface area contributed by atoms with Gasteiger partial charge >= 0.3 is 5.97 Å². The maximum Gasteiger partial charge on any atom is 0.329 e. The number of carbonyl (C=O) groups excluding carboxylic acids is 1. The van der Waals surface area contributed by atoms with Gasteiger partial charge in [-0.25, -0.2) is 9.78 Å². The van der Waals surface area contributed by atoms with Crippen molar-refractivity contribution in [1.82, 2.24) is 9.55 Å². The van der Waals surface area contributed by atoms with E-state index in [-0.39, 0.29) is 12.2 Å². The number of esters is 1. The van der Waals surface area contributed by atoms with Gasteiger partial charge in [-0.05, 0) is 26.0 Å². The number of ether oxygens (including phenoxy) is 1. The zero-order valence-corrected chi connectivity index (χ0v) is 14.7. The predicted molar refractivity (Wildman–Crippen MR) is 94.6 cm³/mol. The third-order valence-corrected chi connectivity index (χ3v) is 5.01. The molecule has 0 aliphatic heterocycles. The van der Waals surface area contributed by atoms with Crippen LogP contribution in [0.25, 0.3) is 10.2 Å². The largest absolute Gasteiger partial charge is 0.459 e. The summed E-state index contributed by atoms with van der Waals surface area (Å²) in [6.45, 7) is 3.59. The highest BCUT2D eigenvalue weighted by Gasteiger charge is 2.20. The number of nitrogens with zero attached hydrogens (tertiary/aromatic N) is 2. The molecule has 1 atom stereocenters. The second-order valence-electron chi connectivity index (χ2n) is 5.41. The summed E-state index contributed by atoms with van der Waals surface area (Å²) in [5.74, 6) is -0.509. The standard InChI is InChI=1S/C17H15ClN2O3S/c1-10-7-13-15(24-10)19-9-20(16(13)21)11(2)17(22)23-8-12-5-3-4-6-14(12)18/h3-7,9,11H,8H2,1-2H3. The molecule has 3 aromatic rings. The molecule has 0 aliphatic rings. The van der Waals surface area contributed by atoms with Crippen molar-refractivity contribution in [3.63, 3.8) is 0 Å². The quantitative estimate of drug-likeness (QED) is 0.663. The molecule has 0 saturated heterocycles. The van der Waals surface area contributed by atoms with Crippen molar-refractivity contribution in [2.45, 2.75) is 26.5 Å². The van der Waals surface area contributed by atoms with Crippen LogP contribution in [0.3, 0.4) is 0 Å². The van der Waals surface area contributed by atoms with Crippen molar-refractivity contribution in [2.75, 3.05) is 0 Å². The first-order valence-corrected chi connectivity index (χ1v) is 8.54. The van der Waals surface area contributed by atoms with Gasteiger partial charge in [-0.1, -0.05) is 29.8 Å². The van der Waals surface area contributed by atoms with Crippen molar-refractivity contribution in [1.29, 1.82) is 0 Å². The number of aromatic nitrogens is 2. The van der Waals surface area contributed by atoms with Crippen LogP contribution in [0.2, 0.25) is 5.02 Å². The lowest BCUT2D eigenvalue weighted by Crippen LogP contribution is -2.29. The lowest BCUT2D eigenvalue weighted by Gasteiger charge is -2.14. The first-order chi connectivity index (χ1) is 11.5. The van der Waals surface area contributed by atoms with Crippen molar-refractivity contribution in [3.8, 4) is 0 Å². The Morgan fingerprint density at radius 1 is 1.42 bits per heavy atom. The Hall–Kier alpha value is -2.18. The molecular formula is C17H15ClN2O3S. The van der Waals surface area contributed by atoms with Gasteiger partial charge in [-0.15, -0.1) is 11.3 Å². The first-order valence-electron chi connectivity index (χ1n) is 7.34. The van der Waals surface area contributed by atoms with Gasteiger partial charge in [-0.2, -0.15) is 0 Å². The van der Waals surface area contributed by atoms with E-state index in [1.165, 1.54) is 22.2 Å². The van der Waals surface area contributed by atoms with Gasteiger partial charge in [0.05, 0.1) is 11.7 Å². The molecule has 0 fully saturated rings. The van der Waals surface area contributed by atoms with E-state index in [1.54, 1.807) is 31.2 Å². The molecule has 5 nitrogen and oxygen atoms in total. The third kappa shape index (κ3) is 3.20. The highest BCUT2D eigenvalue weighted by atomic mass is 35.5. The molecule has 0 aliphatic carbocycles. The van der Waals surface area contributed by atoms with E-state index >= 15 is 0 Å². The van der Waals surface area contributed by atoms with Crippen molar-refractivity contribution in [3.05, 3.63) is 62.5 Å². The SMILES string of the molecule is Cc1cc2c(=O)n(C(C)C(=O)OCc3ccccc3Cl)cnc2s1. The molecule has 0 spiro atoms. The van der Waals surface area contributed by atoms with E-state index in [0.717, 1.165) is 4.88 Å². The van der Waals surface area contributed by atoms with Crippen LogP contribution in [0.1, 0.15) is 23.4 Å². The maximum atomic E-state index is 12.5. The summed E-state index contributed by atoms with van der Waals surface area (Å²) in [5.41, 5.74) is 0.473. The molecule has 3 rings (SSSR count). The molecule has 24 heavy (non-hydrogen) atoms. The van der Waals surface area contributed by atoms with Gasteiger partial charge in [-0.3, -0.25) is 9.36 Å². The van der Waals surface area contributed by atoms with E-state index in [9.17, 15) is 9.59 Å². The highest BCUT2D eigenvalue weighted by molar-refractivity contribution is 7.18. The van der Waals surface area contributed by atoms with Crippen LogP contribution >= 0.6 is 22.9 Å². The molecule has 0 N–H and O–H groups in total. The second kappa shape index (κ2) is 6.75. The molecule has 124 valence electrons. The monoisotopic (exact) mass is 362 g/mol. The van der Waals surface area contributed by atoms with Gasteiger partial charge in [0.25, 0.3) is 5.56 Å². The molecule has 2 heterocycles. The summed E-state index contributed by atoms with van der Waals surface area (Å²) in [6, 6.07) is 8.16. The summed E-state index contributed by atoms with van der Waals surface area (Å²) >= 11 is 7.49. The lowest BCUT2D eigenvalue weighted by molar-refractivity contribution is -0.148. The van der Waals surface area contributed by atoms with E-state index < -0.39 is 12.0 Å². The highest BCUT2D eigenvalue weighted by Crippen LogP contribution is 2.21. The summed E-state index contributed by atoms with van der Waals surface area (Å²) in [7, 11) is 0. The fourth-order valence-electron chi connectivity index (χ4n) is 2.33. The number of halogens is 1. The summed E-state index contributed by atoms with van der Waals surface area (Å²) < 4.78 is 6.58. The van der Waals surface area contributed by atoms with Gasteiger partial charge in [0.2, 0.25) is 0 Å². The predicted octanol–water partition coefficient (Wildman–Crippen LogP) is 3.72. The lowest BCUT2D eigenvalue weighted by atomic mass is 10.2. The average molecular weight is 363 g/mol. The normalized spacial score (nSPS) is 12.3. The Morgan fingerprint density at radius 3 is 2.92 bits per heavy atom. The van der Waals surface area contributed by atoms with Crippen molar-refractivity contribution in [2.24, 2.45) is 0 Å². The van der Waals surface area contributed by atoms with Gasteiger partial charge in [0.15, 0.2) is 0 Å². The van der Waals surface area contributed by atoms with Crippen LogP contribution in [0.5, 0.6) is 0 Å². The van der Waals surface area contributed by atoms with Gasteiger partial charge < -0.3 is 4.74 Å². The number of benzene rings is 1. The van der Waals surface area contributed by atoms with Gasteiger partial charge in [0, 0.05) is 15.5 Å². The molecule has 0 radical (unpaired) electrons. The molecule has 2 aromatic heterocycles. The first kappa shape index (κ1) is 16.7. The van der Waals surface area contributed by atoms with Crippen LogP contribution < -0.4 is 5.56 Å². The maximum absolute atomic E-state index is 12.5. The van der Waals surface area contributed by atoms with E-state index in [1.807, 2.05) is 13.0 Å². The molecule has 1 aromatic carbocycles. The van der Waals surface area contributed by atoms with Gasteiger partial charge in [0.1, 0.15) is 17.5 Å². The Bertz CT molecular complexity index is 964.